The van der Waals surface area contributed by atoms with Crippen molar-refractivity contribution in [2.75, 3.05) is 79.0 Å². The molecule has 0 heterocycles. The largest absolute Gasteiger partial charge is 0.378 e. The molecular weight excluding hydrogens is 328 g/mol. The van der Waals surface area contributed by atoms with Crippen LogP contribution in [0.3, 0.4) is 0 Å². The monoisotopic (exact) mass is 368 g/mol. The summed E-state index contributed by atoms with van der Waals surface area (Å²) in [5.74, 6) is -0.0389. The van der Waals surface area contributed by atoms with Crippen molar-refractivity contribution < 1.29 is 23.7 Å². The third-order valence-electron chi connectivity index (χ3n) is 2.15. The summed E-state index contributed by atoms with van der Waals surface area (Å²) < 4.78 is 20.3. The summed E-state index contributed by atoms with van der Waals surface area (Å²) >= 11 is 0. The van der Waals surface area contributed by atoms with Gasteiger partial charge in [0.1, 0.15) is 0 Å². The van der Waals surface area contributed by atoms with Gasteiger partial charge in [-0.1, -0.05) is 13.8 Å². The molecule has 9 heteroatoms. The Morgan fingerprint density at radius 2 is 1.00 bits per heavy atom. The van der Waals surface area contributed by atoms with Crippen molar-refractivity contribution >= 4 is 5.91 Å². The minimum Gasteiger partial charge on any atom is -0.378 e. The summed E-state index contributed by atoms with van der Waals surface area (Å²) in [6, 6.07) is 0. The molecule has 154 valence electrons. The van der Waals surface area contributed by atoms with Crippen LogP contribution in [0, 0.1) is 0 Å². The standard InChI is InChI=1S/C8H18N2O3.C6H16N2O2.C2H6/c1-8(11)10-3-5-13-7-6-12-4-2-9;7-1-3-9-5-6-10-4-2-8;1-2/h2-7,9H2,1H3,(H,10,11);1-8H2;1-2H3. The highest BCUT2D eigenvalue weighted by molar-refractivity contribution is 5.72. The summed E-state index contributed by atoms with van der Waals surface area (Å²) in [4.78, 5) is 10.4. The Labute approximate surface area is 152 Å². The lowest BCUT2D eigenvalue weighted by atomic mass is 10.6. The summed E-state index contributed by atoms with van der Waals surface area (Å²) in [5, 5.41) is 2.62. The first-order chi connectivity index (χ1) is 12.2. The van der Waals surface area contributed by atoms with Crippen molar-refractivity contribution in [3.63, 3.8) is 0 Å². The van der Waals surface area contributed by atoms with Crippen molar-refractivity contribution in [1.29, 1.82) is 0 Å². The van der Waals surface area contributed by atoms with Crippen LogP contribution in [0.4, 0.5) is 0 Å². The molecule has 0 saturated carbocycles. The molecule has 0 saturated heterocycles. The second-order valence-electron chi connectivity index (χ2n) is 4.30. The molecule has 25 heavy (non-hydrogen) atoms. The molecule has 0 radical (unpaired) electrons. The highest BCUT2D eigenvalue weighted by Gasteiger charge is 1.91. The zero-order valence-electron chi connectivity index (χ0n) is 16.3. The van der Waals surface area contributed by atoms with E-state index in [4.69, 9.17) is 36.1 Å². The lowest BCUT2D eigenvalue weighted by Crippen LogP contribution is -2.25. The summed E-state index contributed by atoms with van der Waals surface area (Å²) in [7, 11) is 0. The number of nitrogens with one attached hydrogen (secondary N) is 1. The van der Waals surface area contributed by atoms with Gasteiger partial charge < -0.3 is 41.5 Å². The molecule has 9 nitrogen and oxygen atoms in total. The minimum atomic E-state index is -0.0389. The Bertz CT molecular complexity index is 229. The number of hydrogen-bond acceptors (Lipinski definition) is 8. The van der Waals surface area contributed by atoms with Gasteiger partial charge in [0.25, 0.3) is 0 Å². The molecule has 0 fully saturated rings. The zero-order chi connectivity index (χ0) is 19.6. The van der Waals surface area contributed by atoms with Crippen LogP contribution in [0.1, 0.15) is 20.8 Å². The van der Waals surface area contributed by atoms with Crippen molar-refractivity contribution in [2.45, 2.75) is 20.8 Å². The van der Waals surface area contributed by atoms with E-state index >= 15 is 0 Å². The van der Waals surface area contributed by atoms with Gasteiger partial charge in [0.2, 0.25) is 5.91 Å². The molecule has 0 aromatic carbocycles. The molecule has 0 aromatic rings. The first-order valence-electron chi connectivity index (χ1n) is 8.84. The molecule has 0 atom stereocenters. The van der Waals surface area contributed by atoms with Crippen LogP contribution < -0.4 is 22.5 Å². The number of nitrogens with two attached hydrogens (primary N) is 3. The van der Waals surface area contributed by atoms with Crippen LogP contribution in [0.15, 0.2) is 0 Å². The first-order valence-corrected chi connectivity index (χ1v) is 8.84. The van der Waals surface area contributed by atoms with Gasteiger partial charge >= 0.3 is 0 Å². The highest BCUT2D eigenvalue weighted by Crippen LogP contribution is 1.77. The maximum Gasteiger partial charge on any atom is 0.216 e. The van der Waals surface area contributed by atoms with Gasteiger partial charge in [-0.15, -0.1) is 0 Å². The quantitative estimate of drug-likeness (QED) is 0.272. The molecule has 1 amide bonds. The van der Waals surface area contributed by atoms with Gasteiger partial charge in [-0.25, -0.2) is 0 Å². The van der Waals surface area contributed by atoms with Crippen molar-refractivity contribution in [2.24, 2.45) is 17.2 Å². The summed E-state index contributed by atoms with van der Waals surface area (Å²) in [5.41, 5.74) is 15.6. The maximum absolute atomic E-state index is 10.4. The van der Waals surface area contributed by atoms with Crippen LogP contribution in [-0.4, -0.2) is 84.9 Å². The predicted octanol–water partition coefficient (Wildman–Crippen LogP) is -0.922. The molecule has 0 bridgehead atoms. The third kappa shape index (κ3) is 39.7. The lowest BCUT2D eigenvalue weighted by molar-refractivity contribution is -0.119. The first kappa shape index (κ1) is 29.0. The topological polar surface area (TPSA) is 144 Å². The van der Waals surface area contributed by atoms with E-state index in [1.807, 2.05) is 13.8 Å². The highest BCUT2D eigenvalue weighted by atomic mass is 16.5. The van der Waals surface area contributed by atoms with Crippen molar-refractivity contribution in [1.82, 2.24) is 5.32 Å². The van der Waals surface area contributed by atoms with Gasteiger partial charge in [0.05, 0.1) is 52.9 Å². The SMILES string of the molecule is CC.CC(=O)NCCOCCOCCN.NCCOCCOCCN. The van der Waals surface area contributed by atoms with Crippen LogP contribution in [0.2, 0.25) is 0 Å². The smallest absolute Gasteiger partial charge is 0.216 e. The van der Waals surface area contributed by atoms with E-state index in [-0.39, 0.29) is 5.91 Å². The van der Waals surface area contributed by atoms with Crippen molar-refractivity contribution in [3.8, 4) is 0 Å². The van der Waals surface area contributed by atoms with E-state index in [2.05, 4.69) is 5.32 Å². The summed E-state index contributed by atoms with van der Waals surface area (Å²) in [6.07, 6.45) is 0. The molecule has 0 aliphatic rings. The fraction of sp³-hybridized carbons (Fsp3) is 0.938. The van der Waals surface area contributed by atoms with Crippen LogP contribution in [-0.2, 0) is 23.7 Å². The second kappa shape index (κ2) is 31.0. The van der Waals surface area contributed by atoms with Gasteiger partial charge in [-0.05, 0) is 0 Å². The maximum atomic E-state index is 10.4. The predicted molar refractivity (Wildman–Crippen MR) is 100 cm³/mol. The number of amides is 1. The summed E-state index contributed by atoms with van der Waals surface area (Å²) in [6.45, 7) is 12.3. The minimum absolute atomic E-state index is 0.0389. The van der Waals surface area contributed by atoms with Crippen LogP contribution >= 0.6 is 0 Å². The molecule has 7 N–H and O–H groups in total. The Kier molecular flexibility index (Phi) is 35.9. The molecule has 0 aliphatic heterocycles. The molecular formula is C16H40N4O5. The van der Waals surface area contributed by atoms with E-state index in [1.165, 1.54) is 6.92 Å². The van der Waals surface area contributed by atoms with Gasteiger partial charge in [-0.2, -0.15) is 0 Å². The fourth-order valence-corrected chi connectivity index (χ4v) is 1.19. The third-order valence-corrected chi connectivity index (χ3v) is 2.15. The van der Waals surface area contributed by atoms with Crippen LogP contribution in [0.25, 0.3) is 0 Å². The van der Waals surface area contributed by atoms with E-state index in [1.54, 1.807) is 0 Å². The zero-order valence-corrected chi connectivity index (χ0v) is 16.3. The van der Waals surface area contributed by atoms with E-state index in [0.29, 0.717) is 79.0 Å². The van der Waals surface area contributed by atoms with Gasteiger partial charge in [0, 0.05) is 33.1 Å². The number of carbonyl (C=O) groups excluding carboxylic acids is 1. The normalized spacial score (nSPS) is 9.52. The molecule has 0 unspecified atom stereocenters. The second-order valence-corrected chi connectivity index (χ2v) is 4.30. The van der Waals surface area contributed by atoms with E-state index in [9.17, 15) is 4.79 Å². The van der Waals surface area contributed by atoms with Crippen LogP contribution in [0.5, 0.6) is 0 Å². The number of hydrogen-bond donors (Lipinski definition) is 4. The molecule has 0 aromatic heterocycles. The van der Waals surface area contributed by atoms with Gasteiger partial charge in [-0.3, -0.25) is 4.79 Å². The Morgan fingerprint density at radius 1 is 0.680 bits per heavy atom. The average Bonchev–Trinajstić information content (AvgIpc) is 2.62. The number of ether oxygens (including phenoxy) is 4. The molecule has 0 spiro atoms. The van der Waals surface area contributed by atoms with Gasteiger partial charge in [0.15, 0.2) is 0 Å². The van der Waals surface area contributed by atoms with E-state index < -0.39 is 0 Å². The van der Waals surface area contributed by atoms with Crippen molar-refractivity contribution in [3.05, 3.63) is 0 Å². The van der Waals surface area contributed by atoms with E-state index in [0.717, 1.165) is 0 Å². The number of carbonyl (C=O) groups is 1. The number of rotatable bonds is 15. The Hall–Kier alpha value is -0.810. The molecule has 0 rings (SSSR count). The average molecular weight is 369 g/mol. The lowest BCUT2D eigenvalue weighted by Gasteiger charge is -2.04. The molecule has 0 aliphatic carbocycles. The Morgan fingerprint density at radius 3 is 1.28 bits per heavy atom. The fourth-order valence-electron chi connectivity index (χ4n) is 1.19. The Balaban J connectivity index is -0.000000362.